The predicted octanol–water partition coefficient (Wildman–Crippen LogP) is 48.3. The molecule has 0 aromatic carbocycles. The van der Waals surface area contributed by atoms with Gasteiger partial charge in [0.2, 0.25) is 0 Å². The van der Waals surface area contributed by atoms with Gasteiger partial charge in [0.1, 0.15) is 0 Å². The second-order valence-corrected chi connectivity index (χ2v) is 352. The molecule has 0 saturated carbocycles. The molecule has 0 nitrogen and oxygen atoms in total. The van der Waals surface area contributed by atoms with Crippen LogP contribution in [0.5, 0.6) is 0 Å². The minimum Gasteiger partial charge on any atom is -0.109 e. The normalized spacial score (nSPS) is 14.7. The summed E-state index contributed by atoms with van der Waals surface area (Å²) in [6.45, 7) is -15.1. The Morgan fingerprint density at radius 3 is 0.354 bits per heavy atom. The number of hydrogen-bond acceptors (Lipinski definition) is 0. The van der Waals surface area contributed by atoms with Gasteiger partial charge in [-0.3, -0.25) is 0 Å². The van der Waals surface area contributed by atoms with Crippen LogP contribution in [-0.4, -0.2) is 49.4 Å². The minimum atomic E-state index is -0.656. The van der Waals surface area contributed by atoms with Gasteiger partial charge in [-0.2, -0.15) is 0 Å². The van der Waals surface area contributed by atoms with Crippen LogP contribution in [0, 0.1) is 0 Å². The van der Waals surface area contributed by atoms with E-state index in [-0.39, 0.29) is 0 Å². The van der Waals surface area contributed by atoms with Crippen LogP contribution in [0.2, 0.25) is 0 Å². The molecule has 0 aromatic rings. The van der Waals surface area contributed by atoms with E-state index in [2.05, 4.69) is 446 Å². The Bertz CT molecular complexity index is 1700. The molecule has 99 heteroatoms. The minimum absolute atomic E-state index is 0.425. The van der Waals surface area contributed by atoms with Crippen LogP contribution in [0.3, 0.4) is 0 Å². The van der Waals surface area contributed by atoms with Crippen LogP contribution in [0.4, 0.5) is 0 Å². The van der Waals surface area contributed by atoms with Crippen LogP contribution < -0.4 is 0 Å². The first-order valence-electron chi connectivity index (χ1n) is 24.1. The Morgan fingerprint density at radius 1 is 0.131 bits per heavy atom. The summed E-state index contributed by atoms with van der Waals surface area (Å²) in [6.07, 6.45) is 1.52. The largest absolute Gasteiger partial charge is 0.177 e. The second-order valence-electron chi connectivity index (χ2n) is 17.9. The zero-order valence-electron chi connectivity index (χ0n) is 51.9. The lowest BCUT2D eigenvalue weighted by atomic mass is 8.65. The maximum Gasteiger partial charge on any atom is 0.177 e. The first-order chi connectivity index (χ1) is 45.1. The summed E-state index contributed by atoms with van der Waals surface area (Å²) in [5.41, 5.74) is 0. The van der Waals surface area contributed by atoms with E-state index in [1.165, 1.54) is 0 Å². The number of hydrogen-bond donors (Lipinski definition) is 0. The van der Waals surface area contributed by atoms with E-state index in [1.54, 1.807) is 0 Å². The van der Waals surface area contributed by atoms with Gasteiger partial charge in [0.25, 0.3) is 0 Å². The average molecular weight is 3010 g/mol. The van der Waals surface area contributed by atoms with E-state index in [0.717, 1.165) is 7.96 Å². The van der Waals surface area contributed by atoms with E-state index in [4.69, 9.17) is 0 Å². The molecule has 0 bridgehead atoms. The second kappa shape index (κ2) is 75.4. The van der Waals surface area contributed by atoms with Crippen LogP contribution in [0.15, 0.2) is 0 Å². The Morgan fingerprint density at radius 2 is 0.242 bits per heavy atom. The number of rotatable bonds is 48. The van der Waals surface area contributed by atoms with Gasteiger partial charge in [-0.05, 0) is 210 Å². The van der Waals surface area contributed by atoms with Gasteiger partial charge in [0, 0.05) is 6.39 Å². The molecular formula is H101B8P91. The highest BCUT2D eigenvalue weighted by molar-refractivity contribution is 9.36. The quantitative estimate of drug-likeness (QED) is 0.0421. The summed E-state index contributed by atoms with van der Waals surface area (Å²) >= 11 is 0. The molecule has 0 aliphatic rings. The Balaban J connectivity index is 14.6. The Kier molecular flexibility index (Phi) is 106. The molecular weight excluding hydrogens is 2910 g/mol. The van der Waals surface area contributed by atoms with E-state index in [9.17, 15) is 0 Å². The highest BCUT2D eigenvalue weighted by Crippen LogP contribution is 3.30. The zero-order valence-corrected chi connectivity index (χ0v) is 146. The molecule has 0 spiro atoms. The molecule has 99 heavy (non-hydrogen) atoms. The summed E-state index contributed by atoms with van der Waals surface area (Å²) in [7, 11) is 182. The van der Waals surface area contributed by atoms with E-state index in [1.807, 2.05) is 0 Å². The van der Waals surface area contributed by atoms with Crippen molar-refractivity contribution < 1.29 is 0 Å². The lowest BCUT2D eigenvalue weighted by Crippen LogP contribution is -2.73. The van der Waals surface area contributed by atoms with Gasteiger partial charge in [0.05, 0.1) is 12.8 Å². The van der Waals surface area contributed by atoms with Crippen molar-refractivity contribution in [1.82, 2.24) is 0 Å². The van der Waals surface area contributed by atoms with Crippen LogP contribution >= 0.6 is 736 Å². The summed E-state index contributed by atoms with van der Waals surface area (Å²) < 4.78 is 0. The first-order valence-corrected chi connectivity index (χ1v) is 183. The monoisotopic (exact) mass is 3010 g/mol. The molecule has 0 aromatic heterocycles. The lowest BCUT2D eigenvalue weighted by molar-refractivity contribution is 3.40. The fourth-order valence-corrected chi connectivity index (χ4v) is 761. The van der Waals surface area contributed by atoms with Gasteiger partial charge >= 0.3 is 0 Å². The van der Waals surface area contributed by atoms with Crippen molar-refractivity contribution >= 4 is 785 Å². The third-order valence-corrected chi connectivity index (χ3v) is 449. The SMILES string of the molecule is PPP(P)P(B(B(B(B(B(P(P(P)P)P(P)P)P(P(P)P)P(P)P)B(P(P(P)P)P(P)P)P(P(P)P)P(P)P)B(P(P(P(P)P)P(P)P)P(P(P)P)P(P)P)P(P(P(P)P)P(P)P)P(P(P)P)P(P)P)B(P(P(P)P)P(P)P)P(P(P)P)P(P)P)P(P(P)P)P(P)P)P(P(P)P)P(P)P. The molecule has 0 fully saturated rings. The molecule has 0 aliphatic heterocycles. The van der Waals surface area contributed by atoms with Crippen molar-refractivity contribution in [3.8, 4) is 0 Å². The molecule has 0 rings (SSSR count). The van der Waals surface area contributed by atoms with Gasteiger partial charge in [-0.1, -0.05) is 79.7 Å². The molecule has 0 radical (unpaired) electrons. The van der Waals surface area contributed by atoms with E-state index < -0.39 is 281 Å². The van der Waals surface area contributed by atoms with Crippen molar-refractivity contribution in [1.29, 1.82) is 0 Å². The fourth-order valence-electron chi connectivity index (χ4n) is 9.11. The molecule has 0 saturated heterocycles. The van der Waals surface area contributed by atoms with Crippen molar-refractivity contribution in [2.45, 2.75) is 0 Å². The van der Waals surface area contributed by atoms with E-state index >= 15 is 0 Å². The molecule has 0 aliphatic carbocycles. The van der Waals surface area contributed by atoms with Crippen molar-refractivity contribution in [2.75, 3.05) is 0 Å². The van der Waals surface area contributed by atoms with Crippen molar-refractivity contribution in [2.24, 2.45) is 0 Å². The van der Waals surface area contributed by atoms with E-state index in [0.29, 0.717) is 49.4 Å². The molecule has 0 amide bonds. The average Bonchev–Trinajstić information content (AvgIpc) is 3.39. The summed E-state index contributed by atoms with van der Waals surface area (Å²) in [6, 6.07) is 2.97. The van der Waals surface area contributed by atoms with Gasteiger partial charge in [-0.15, -0.1) is 446 Å². The summed E-state index contributed by atoms with van der Waals surface area (Å²) in [5, 5.41) is 0. The summed E-state index contributed by atoms with van der Waals surface area (Å²) in [4.78, 5) is 0. The maximum absolute atomic E-state index is 3.92. The third kappa shape index (κ3) is 48.0. The molecule has 0 N–H and O–H groups in total. The topological polar surface area (TPSA) is 0 Å². The Hall–Kier alpha value is 39.6. The van der Waals surface area contributed by atoms with Gasteiger partial charge in [-0.25, -0.2) is 0 Å². The zero-order chi connectivity index (χ0) is 78.4. The van der Waals surface area contributed by atoms with Gasteiger partial charge < -0.3 is 0 Å². The molecule has 53 unspecified atom stereocenters. The molecule has 53 atom stereocenters. The highest BCUT2D eigenvalue weighted by Gasteiger charge is 2.72. The van der Waals surface area contributed by atoms with Gasteiger partial charge in [0.15, 0.2) is 30.2 Å². The third-order valence-electron chi connectivity index (χ3n) is 11.6. The van der Waals surface area contributed by atoms with Crippen LogP contribution in [0.1, 0.15) is 0 Å². The maximum atomic E-state index is 3.92. The van der Waals surface area contributed by atoms with Crippen molar-refractivity contribution in [3.05, 3.63) is 0 Å². The van der Waals surface area contributed by atoms with Crippen LogP contribution in [-0.2, 0) is 0 Å². The predicted molar refractivity (Wildman–Crippen MR) is 817 cm³/mol. The smallest absolute Gasteiger partial charge is 0.109 e. The fraction of sp³-hybridized carbons (Fsp3) is 0. The lowest BCUT2D eigenvalue weighted by Gasteiger charge is -2.61. The first kappa shape index (κ1) is 139. The molecule has 0 heterocycles. The van der Waals surface area contributed by atoms with Crippen molar-refractivity contribution in [3.63, 3.8) is 0 Å². The standard InChI is InChI=1S/B8H101P91/c9-59-94(58)67(95(84(38)39)85(40)41)8(66(82(34)35)83(36)37)3(7(64(78(26)27)79(28)29)65(80(30)31)81(32)33)1(2(5(60(70(10)11)71(12)13)61(72(14)15)73(16)17)6(62(74(18)19)75(20)21)63(76(22)23)77(24)25)4(68(96(86(42)43)87(44)45)97(88(46)47)89(48)49)69(98(90(50)51)91(52)53)99(92(54)55)93(56)57/h59H,9-58H2. The van der Waals surface area contributed by atoms with Crippen LogP contribution in [0.25, 0.3) is 0 Å². The highest BCUT2D eigenvalue weighted by atomic mass is 33.3. The summed E-state index contributed by atoms with van der Waals surface area (Å²) in [5.74, 6) is 0. The molecule has 580 valence electrons. The Labute approximate surface area is 772 Å².